The lowest BCUT2D eigenvalue weighted by Crippen LogP contribution is -2.32. The van der Waals surface area contributed by atoms with Crippen LogP contribution in [-0.4, -0.2) is 38.7 Å². The van der Waals surface area contributed by atoms with Crippen LogP contribution in [0.15, 0.2) is 24.3 Å². The van der Waals surface area contributed by atoms with Gasteiger partial charge in [0.1, 0.15) is 5.75 Å². The summed E-state index contributed by atoms with van der Waals surface area (Å²) in [6.07, 6.45) is 2.65. The average Bonchev–Trinajstić information content (AvgIpc) is 3.13. The second kappa shape index (κ2) is 5.52. The number of hydrogen-bond acceptors (Lipinski definition) is 3. The highest BCUT2D eigenvalue weighted by molar-refractivity contribution is 5.36. The molecule has 3 nitrogen and oxygen atoms in total. The molecule has 0 heterocycles. The van der Waals surface area contributed by atoms with Crippen LogP contribution in [0.2, 0.25) is 0 Å². The zero-order valence-electron chi connectivity index (χ0n) is 10.9. The summed E-state index contributed by atoms with van der Waals surface area (Å²) in [7, 11) is 5.97. The minimum atomic E-state index is 0.367. The van der Waals surface area contributed by atoms with E-state index in [0.717, 1.165) is 18.3 Å². The molecule has 17 heavy (non-hydrogen) atoms. The van der Waals surface area contributed by atoms with Crippen molar-refractivity contribution in [3.8, 4) is 5.75 Å². The third-order valence-corrected chi connectivity index (χ3v) is 3.30. The second-order valence-corrected chi connectivity index (χ2v) is 4.90. The maximum atomic E-state index is 5.44. The Bertz CT molecular complexity index is 361. The van der Waals surface area contributed by atoms with Crippen molar-refractivity contribution in [3.05, 3.63) is 29.8 Å². The van der Waals surface area contributed by atoms with Crippen molar-refractivity contribution in [2.24, 2.45) is 0 Å². The summed E-state index contributed by atoms with van der Waals surface area (Å²) in [5.74, 6) is 0.976. The molecule has 1 saturated carbocycles. The molecule has 94 valence electrons. The van der Waals surface area contributed by atoms with E-state index in [2.05, 4.69) is 36.4 Å². The molecule has 1 N–H and O–H groups in total. The number of hydrogen-bond donors (Lipinski definition) is 1. The number of methoxy groups -OCH3 is 1. The van der Waals surface area contributed by atoms with Gasteiger partial charge in [-0.2, -0.15) is 0 Å². The van der Waals surface area contributed by atoms with Gasteiger partial charge >= 0.3 is 0 Å². The Kier molecular flexibility index (Phi) is 4.02. The molecular weight excluding hydrogens is 212 g/mol. The number of nitrogens with zero attached hydrogens (tertiary/aromatic N) is 1. The van der Waals surface area contributed by atoms with E-state index in [0.29, 0.717) is 6.04 Å². The molecule has 1 aliphatic rings. The standard InChI is InChI=1S/C14H22N2O/c1-16(2)13(10-15-11-8-9-11)12-6-4-5-7-14(12)17-3/h4-7,11,13,15H,8-10H2,1-3H3. The molecule has 1 aromatic rings. The van der Waals surface area contributed by atoms with E-state index in [9.17, 15) is 0 Å². The first-order valence-electron chi connectivity index (χ1n) is 6.25. The van der Waals surface area contributed by atoms with Crippen LogP contribution in [0.1, 0.15) is 24.4 Å². The monoisotopic (exact) mass is 234 g/mol. The molecule has 1 aliphatic carbocycles. The van der Waals surface area contributed by atoms with Gasteiger partial charge in [-0.15, -0.1) is 0 Å². The number of nitrogens with one attached hydrogen (secondary N) is 1. The summed E-state index contributed by atoms with van der Waals surface area (Å²) in [5.41, 5.74) is 1.26. The first-order valence-corrected chi connectivity index (χ1v) is 6.25. The van der Waals surface area contributed by atoms with Gasteiger partial charge in [-0.3, -0.25) is 0 Å². The normalized spacial score (nSPS) is 17.2. The maximum Gasteiger partial charge on any atom is 0.123 e. The van der Waals surface area contributed by atoms with Crippen LogP contribution in [0.25, 0.3) is 0 Å². The van der Waals surface area contributed by atoms with Crippen LogP contribution in [0.5, 0.6) is 5.75 Å². The predicted octanol–water partition coefficient (Wildman–Crippen LogP) is 2.05. The van der Waals surface area contributed by atoms with Gasteiger partial charge in [-0.05, 0) is 33.0 Å². The predicted molar refractivity (Wildman–Crippen MR) is 70.4 cm³/mol. The highest BCUT2D eigenvalue weighted by Gasteiger charge is 2.24. The first kappa shape index (κ1) is 12.4. The van der Waals surface area contributed by atoms with E-state index >= 15 is 0 Å². The summed E-state index contributed by atoms with van der Waals surface area (Å²) < 4.78 is 5.44. The van der Waals surface area contributed by atoms with Crippen LogP contribution in [0.3, 0.4) is 0 Å². The number of likely N-dealkylation sites (N-methyl/N-ethyl adjacent to an activating group) is 1. The average molecular weight is 234 g/mol. The molecule has 0 amide bonds. The van der Waals surface area contributed by atoms with Crippen molar-refractivity contribution >= 4 is 0 Å². The highest BCUT2D eigenvalue weighted by atomic mass is 16.5. The van der Waals surface area contributed by atoms with E-state index in [1.165, 1.54) is 18.4 Å². The molecule has 0 radical (unpaired) electrons. The van der Waals surface area contributed by atoms with E-state index in [4.69, 9.17) is 4.74 Å². The Morgan fingerprint density at radius 1 is 1.35 bits per heavy atom. The summed E-state index contributed by atoms with van der Waals surface area (Å²) in [5, 5.41) is 3.59. The fourth-order valence-electron chi connectivity index (χ4n) is 2.08. The molecule has 1 unspecified atom stereocenters. The lowest BCUT2D eigenvalue weighted by Gasteiger charge is -2.26. The number of ether oxygens (including phenoxy) is 1. The first-order chi connectivity index (χ1) is 8.22. The second-order valence-electron chi connectivity index (χ2n) is 4.90. The summed E-state index contributed by atoms with van der Waals surface area (Å²) in [6, 6.07) is 9.38. The summed E-state index contributed by atoms with van der Waals surface area (Å²) >= 11 is 0. The molecule has 0 bridgehead atoms. The molecule has 0 spiro atoms. The fourth-order valence-corrected chi connectivity index (χ4v) is 2.08. The Hall–Kier alpha value is -1.06. The molecule has 1 atom stereocenters. The summed E-state index contributed by atoms with van der Waals surface area (Å²) in [4.78, 5) is 2.24. The van der Waals surface area contributed by atoms with E-state index in [1.807, 2.05) is 12.1 Å². The van der Waals surface area contributed by atoms with Crippen LogP contribution < -0.4 is 10.1 Å². The van der Waals surface area contributed by atoms with E-state index < -0.39 is 0 Å². The maximum absolute atomic E-state index is 5.44. The van der Waals surface area contributed by atoms with Crippen LogP contribution in [0.4, 0.5) is 0 Å². The molecule has 2 rings (SSSR count). The van der Waals surface area contributed by atoms with E-state index in [-0.39, 0.29) is 0 Å². The molecule has 3 heteroatoms. The van der Waals surface area contributed by atoms with E-state index in [1.54, 1.807) is 7.11 Å². The SMILES string of the molecule is COc1ccccc1C(CNC1CC1)N(C)C. The lowest BCUT2D eigenvalue weighted by atomic mass is 10.0. The Morgan fingerprint density at radius 3 is 2.65 bits per heavy atom. The molecular formula is C14H22N2O. The quantitative estimate of drug-likeness (QED) is 0.815. The molecule has 0 aliphatic heterocycles. The van der Waals surface area contributed by atoms with Crippen molar-refractivity contribution in [1.82, 2.24) is 10.2 Å². The molecule has 1 aromatic carbocycles. The number of rotatable bonds is 6. The topological polar surface area (TPSA) is 24.5 Å². The molecule has 0 saturated heterocycles. The Balaban J connectivity index is 2.12. The number of para-hydroxylation sites is 1. The van der Waals surface area contributed by atoms with Crippen molar-refractivity contribution in [1.29, 1.82) is 0 Å². The summed E-state index contributed by atoms with van der Waals surface area (Å²) in [6.45, 7) is 0.984. The van der Waals surface area contributed by atoms with Gasteiger partial charge in [-0.1, -0.05) is 18.2 Å². The van der Waals surface area contributed by atoms with Crippen LogP contribution >= 0.6 is 0 Å². The van der Waals surface area contributed by atoms with Crippen molar-refractivity contribution in [2.45, 2.75) is 24.9 Å². The van der Waals surface area contributed by atoms with Crippen LogP contribution in [0, 0.1) is 0 Å². The Labute approximate surface area is 104 Å². The third kappa shape index (κ3) is 3.20. The molecule has 0 aromatic heterocycles. The van der Waals surface area contributed by atoms with Gasteiger partial charge in [0, 0.05) is 18.2 Å². The Morgan fingerprint density at radius 2 is 2.06 bits per heavy atom. The zero-order valence-corrected chi connectivity index (χ0v) is 10.9. The van der Waals surface area contributed by atoms with Gasteiger partial charge in [-0.25, -0.2) is 0 Å². The minimum Gasteiger partial charge on any atom is -0.496 e. The third-order valence-electron chi connectivity index (χ3n) is 3.30. The van der Waals surface area contributed by atoms with Gasteiger partial charge < -0.3 is 15.0 Å². The smallest absolute Gasteiger partial charge is 0.123 e. The van der Waals surface area contributed by atoms with Crippen molar-refractivity contribution in [3.63, 3.8) is 0 Å². The van der Waals surface area contributed by atoms with Gasteiger partial charge in [0.2, 0.25) is 0 Å². The molecule has 1 fully saturated rings. The minimum absolute atomic E-state index is 0.367. The van der Waals surface area contributed by atoms with Crippen molar-refractivity contribution in [2.75, 3.05) is 27.7 Å². The van der Waals surface area contributed by atoms with Gasteiger partial charge in [0.25, 0.3) is 0 Å². The fraction of sp³-hybridized carbons (Fsp3) is 0.571. The highest BCUT2D eigenvalue weighted by Crippen LogP contribution is 2.28. The zero-order chi connectivity index (χ0) is 12.3. The lowest BCUT2D eigenvalue weighted by molar-refractivity contribution is 0.279. The van der Waals surface area contributed by atoms with Crippen LogP contribution in [-0.2, 0) is 0 Å². The largest absolute Gasteiger partial charge is 0.496 e. The van der Waals surface area contributed by atoms with Gasteiger partial charge in [0.05, 0.1) is 13.2 Å². The number of benzene rings is 1. The van der Waals surface area contributed by atoms with Gasteiger partial charge in [0.15, 0.2) is 0 Å². The van der Waals surface area contributed by atoms with Crippen molar-refractivity contribution < 1.29 is 4.74 Å².